The van der Waals surface area contributed by atoms with Crippen LogP contribution in [0.15, 0.2) is 10.6 Å². The zero-order valence-electron chi connectivity index (χ0n) is 16.5. The van der Waals surface area contributed by atoms with Gasteiger partial charge in [0.1, 0.15) is 5.76 Å². The Balaban J connectivity index is 1.61. The monoisotopic (exact) mass is 426 g/mol. The van der Waals surface area contributed by atoms with Crippen LogP contribution in [0.2, 0.25) is 0 Å². The summed E-state index contributed by atoms with van der Waals surface area (Å²) in [7, 11) is 0. The summed E-state index contributed by atoms with van der Waals surface area (Å²) in [6.45, 7) is 3.08. The first kappa shape index (κ1) is 22.7. The number of carbonyl (C=O) groups excluding carboxylic acids is 4. The SMILES string of the molecule is Cc1cc(NC(=O)CSCC(=O)OC(C)C(=O)NC(=O)NC2CCCCC2)no1. The highest BCUT2D eigenvalue weighted by Gasteiger charge is 2.22. The molecule has 4 amide bonds. The van der Waals surface area contributed by atoms with Crippen molar-refractivity contribution in [3.05, 3.63) is 11.8 Å². The van der Waals surface area contributed by atoms with Crippen LogP contribution in [-0.2, 0) is 19.1 Å². The van der Waals surface area contributed by atoms with Crippen LogP contribution in [0.25, 0.3) is 0 Å². The van der Waals surface area contributed by atoms with Gasteiger partial charge in [-0.25, -0.2) is 4.79 Å². The van der Waals surface area contributed by atoms with Crippen molar-refractivity contribution in [2.75, 3.05) is 16.8 Å². The minimum atomic E-state index is -1.12. The van der Waals surface area contributed by atoms with Gasteiger partial charge in [-0.05, 0) is 26.7 Å². The number of thioether (sulfide) groups is 1. The number of hydrogen-bond donors (Lipinski definition) is 3. The number of carbonyl (C=O) groups is 4. The Hall–Kier alpha value is -2.56. The topological polar surface area (TPSA) is 140 Å². The lowest BCUT2D eigenvalue weighted by Crippen LogP contribution is -2.48. The van der Waals surface area contributed by atoms with E-state index in [0.29, 0.717) is 11.6 Å². The summed E-state index contributed by atoms with van der Waals surface area (Å²) in [4.78, 5) is 47.4. The van der Waals surface area contributed by atoms with Gasteiger partial charge in [0.2, 0.25) is 5.91 Å². The molecule has 0 aliphatic heterocycles. The van der Waals surface area contributed by atoms with Gasteiger partial charge in [-0.3, -0.25) is 19.7 Å². The Morgan fingerprint density at radius 2 is 1.97 bits per heavy atom. The summed E-state index contributed by atoms with van der Waals surface area (Å²) in [6.07, 6.45) is 3.94. The fourth-order valence-electron chi connectivity index (χ4n) is 2.80. The first-order chi connectivity index (χ1) is 13.8. The number of esters is 1. The highest BCUT2D eigenvalue weighted by molar-refractivity contribution is 8.00. The van der Waals surface area contributed by atoms with Gasteiger partial charge in [0.05, 0.1) is 11.5 Å². The predicted molar refractivity (Wildman–Crippen MR) is 106 cm³/mol. The van der Waals surface area contributed by atoms with Crippen molar-refractivity contribution in [2.24, 2.45) is 0 Å². The van der Waals surface area contributed by atoms with Crippen molar-refractivity contribution >= 4 is 41.4 Å². The third-order valence-corrected chi connectivity index (χ3v) is 5.11. The number of nitrogens with one attached hydrogen (secondary N) is 3. The summed E-state index contributed by atoms with van der Waals surface area (Å²) < 4.78 is 9.83. The zero-order valence-corrected chi connectivity index (χ0v) is 17.3. The van der Waals surface area contributed by atoms with E-state index in [2.05, 4.69) is 21.1 Å². The molecule has 2 rings (SSSR count). The lowest BCUT2D eigenvalue weighted by Gasteiger charge is -2.23. The van der Waals surface area contributed by atoms with Crippen LogP contribution in [0.1, 0.15) is 44.8 Å². The van der Waals surface area contributed by atoms with Gasteiger partial charge < -0.3 is 19.9 Å². The molecule has 160 valence electrons. The minimum absolute atomic E-state index is 0.00534. The Morgan fingerprint density at radius 3 is 2.62 bits per heavy atom. The first-order valence-corrected chi connectivity index (χ1v) is 10.6. The number of aryl methyl sites for hydroxylation is 1. The van der Waals surface area contributed by atoms with Crippen molar-refractivity contribution in [3.8, 4) is 0 Å². The number of ether oxygens (including phenoxy) is 1. The molecule has 1 aliphatic carbocycles. The van der Waals surface area contributed by atoms with Crippen LogP contribution in [0.5, 0.6) is 0 Å². The fourth-order valence-corrected chi connectivity index (χ4v) is 3.39. The van der Waals surface area contributed by atoms with E-state index in [1.54, 1.807) is 13.0 Å². The molecule has 0 aromatic carbocycles. The number of hydrogen-bond acceptors (Lipinski definition) is 8. The van der Waals surface area contributed by atoms with Crippen molar-refractivity contribution in [3.63, 3.8) is 0 Å². The van der Waals surface area contributed by atoms with Gasteiger partial charge in [0.15, 0.2) is 11.9 Å². The standard InChI is InChI=1S/C18H26N4O6S/c1-11-8-14(22-28-11)20-15(23)9-29-10-16(24)27-12(2)17(25)21-18(26)19-13-6-4-3-5-7-13/h8,12-13H,3-7,9-10H2,1-2H3,(H,20,22,23)(H2,19,21,25,26). The Labute approximate surface area is 172 Å². The minimum Gasteiger partial charge on any atom is -0.452 e. The van der Waals surface area contributed by atoms with E-state index in [9.17, 15) is 19.2 Å². The molecule has 0 radical (unpaired) electrons. The Bertz CT molecular complexity index is 732. The summed E-state index contributed by atoms with van der Waals surface area (Å²) in [6, 6.07) is 1.05. The number of urea groups is 1. The third-order valence-electron chi connectivity index (χ3n) is 4.20. The molecule has 11 heteroatoms. The quantitative estimate of drug-likeness (QED) is 0.534. The molecule has 0 bridgehead atoms. The molecule has 1 fully saturated rings. The smallest absolute Gasteiger partial charge is 0.321 e. The molecule has 1 heterocycles. The van der Waals surface area contributed by atoms with Crippen LogP contribution in [0, 0.1) is 6.92 Å². The highest BCUT2D eigenvalue weighted by atomic mass is 32.2. The Morgan fingerprint density at radius 1 is 1.24 bits per heavy atom. The summed E-state index contributed by atoms with van der Waals surface area (Å²) in [5.41, 5.74) is 0. The first-order valence-electron chi connectivity index (χ1n) is 9.45. The lowest BCUT2D eigenvalue weighted by molar-refractivity contribution is -0.151. The van der Waals surface area contributed by atoms with E-state index in [-0.39, 0.29) is 23.5 Å². The number of aromatic nitrogens is 1. The maximum Gasteiger partial charge on any atom is 0.321 e. The van der Waals surface area contributed by atoms with Crippen molar-refractivity contribution in [2.45, 2.75) is 58.1 Å². The second kappa shape index (κ2) is 11.4. The molecule has 1 aromatic rings. The van der Waals surface area contributed by atoms with Gasteiger partial charge in [-0.15, -0.1) is 11.8 Å². The van der Waals surface area contributed by atoms with Gasteiger partial charge >= 0.3 is 12.0 Å². The summed E-state index contributed by atoms with van der Waals surface area (Å²) >= 11 is 1.03. The third kappa shape index (κ3) is 8.55. The molecule has 1 aliphatic rings. The van der Waals surface area contributed by atoms with E-state index in [1.165, 1.54) is 6.92 Å². The molecule has 29 heavy (non-hydrogen) atoms. The van der Waals surface area contributed by atoms with Crippen molar-refractivity contribution in [1.29, 1.82) is 0 Å². The van der Waals surface area contributed by atoms with E-state index >= 15 is 0 Å². The molecule has 1 unspecified atom stereocenters. The number of rotatable bonds is 8. The highest BCUT2D eigenvalue weighted by Crippen LogP contribution is 2.17. The molecule has 0 spiro atoms. The molecule has 3 N–H and O–H groups in total. The van der Waals surface area contributed by atoms with E-state index in [1.807, 2.05) is 0 Å². The number of imide groups is 1. The number of amides is 4. The van der Waals surface area contributed by atoms with Crippen molar-refractivity contribution in [1.82, 2.24) is 15.8 Å². The van der Waals surface area contributed by atoms with Gasteiger partial charge in [0.25, 0.3) is 5.91 Å². The van der Waals surface area contributed by atoms with Crippen LogP contribution >= 0.6 is 11.8 Å². The number of nitrogens with zero attached hydrogens (tertiary/aromatic N) is 1. The molecule has 1 saturated carbocycles. The molecular formula is C18H26N4O6S. The fraction of sp³-hybridized carbons (Fsp3) is 0.611. The molecule has 10 nitrogen and oxygen atoms in total. The van der Waals surface area contributed by atoms with E-state index in [0.717, 1.165) is 43.9 Å². The van der Waals surface area contributed by atoms with Crippen LogP contribution in [0.4, 0.5) is 10.6 Å². The average molecular weight is 426 g/mol. The maximum atomic E-state index is 12.0. The summed E-state index contributed by atoms with van der Waals surface area (Å²) in [5.74, 6) is -0.945. The lowest BCUT2D eigenvalue weighted by atomic mass is 9.96. The molecular weight excluding hydrogens is 400 g/mol. The predicted octanol–water partition coefficient (Wildman–Crippen LogP) is 1.74. The second-order valence-electron chi connectivity index (χ2n) is 6.79. The largest absolute Gasteiger partial charge is 0.452 e. The summed E-state index contributed by atoms with van der Waals surface area (Å²) in [5, 5.41) is 11.1. The van der Waals surface area contributed by atoms with E-state index < -0.39 is 24.0 Å². The Kier molecular flexibility index (Phi) is 8.97. The van der Waals surface area contributed by atoms with Gasteiger partial charge in [-0.2, -0.15) is 0 Å². The van der Waals surface area contributed by atoms with Crippen molar-refractivity contribution < 1.29 is 28.4 Å². The van der Waals surface area contributed by atoms with Crippen LogP contribution < -0.4 is 16.0 Å². The second-order valence-corrected chi connectivity index (χ2v) is 7.78. The molecule has 1 atom stereocenters. The normalized spacial score (nSPS) is 15.2. The molecule has 0 saturated heterocycles. The zero-order chi connectivity index (χ0) is 21.2. The maximum absolute atomic E-state index is 12.0. The van der Waals surface area contributed by atoms with Crippen LogP contribution in [0.3, 0.4) is 0 Å². The average Bonchev–Trinajstić information content (AvgIpc) is 3.06. The van der Waals surface area contributed by atoms with Gasteiger partial charge in [0, 0.05) is 12.1 Å². The number of anilines is 1. The van der Waals surface area contributed by atoms with Gasteiger partial charge in [-0.1, -0.05) is 24.4 Å². The van der Waals surface area contributed by atoms with E-state index in [4.69, 9.17) is 9.26 Å². The molecule has 1 aromatic heterocycles. The van der Waals surface area contributed by atoms with Crippen LogP contribution in [-0.4, -0.2) is 52.6 Å².